The zero-order valence-electron chi connectivity index (χ0n) is 12.3. The fourth-order valence-electron chi connectivity index (χ4n) is 1.83. The van der Waals surface area contributed by atoms with Crippen molar-refractivity contribution in [2.75, 3.05) is 0 Å². The maximum atomic E-state index is 11.9. The quantitative estimate of drug-likeness (QED) is 0.804. The van der Waals surface area contributed by atoms with Gasteiger partial charge in [0.1, 0.15) is 6.04 Å². The highest BCUT2D eigenvalue weighted by molar-refractivity contribution is 5.83. The maximum Gasteiger partial charge on any atom is 0.326 e. The number of rotatable bonds is 7. The molecule has 2 unspecified atom stereocenters. The lowest BCUT2D eigenvalue weighted by Crippen LogP contribution is -2.43. The van der Waals surface area contributed by atoms with Crippen LogP contribution in [0.25, 0.3) is 0 Å². The predicted octanol–water partition coefficient (Wildman–Crippen LogP) is 2.48. The third-order valence-electron chi connectivity index (χ3n) is 3.56. The van der Waals surface area contributed by atoms with Gasteiger partial charge < -0.3 is 10.4 Å². The molecule has 0 saturated heterocycles. The minimum atomic E-state index is -1.00. The summed E-state index contributed by atoms with van der Waals surface area (Å²) in [5, 5.41) is 11.8. The van der Waals surface area contributed by atoms with E-state index in [-0.39, 0.29) is 11.8 Å². The molecule has 0 heterocycles. The number of amides is 1. The Morgan fingerprint density at radius 3 is 2.25 bits per heavy atom. The summed E-state index contributed by atoms with van der Waals surface area (Å²) in [5.41, 5.74) is 0.900. The highest BCUT2D eigenvalue weighted by Gasteiger charge is 2.21. The maximum absolute atomic E-state index is 11.9. The van der Waals surface area contributed by atoms with Crippen molar-refractivity contribution >= 4 is 11.9 Å². The molecule has 0 fully saturated rings. The molecule has 1 aromatic carbocycles. The van der Waals surface area contributed by atoms with E-state index in [0.717, 1.165) is 5.56 Å². The van der Waals surface area contributed by atoms with Gasteiger partial charge in [-0.15, -0.1) is 0 Å². The smallest absolute Gasteiger partial charge is 0.326 e. The third kappa shape index (κ3) is 5.43. The van der Waals surface area contributed by atoms with Crippen LogP contribution in [0.15, 0.2) is 30.3 Å². The van der Waals surface area contributed by atoms with E-state index >= 15 is 0 Å². The van der Waals surface area contributed by atoms with E-state index in [1.165, 1.54) is 0 Å². The molecule has 0 bridgehead atoms. The van der Waals surface area contributed by atoms with Gasteiger partial charge in [-0.1, -0.05) is 51.1 Å². The Balaban J connectivity index is 2.59. The molecular formula is C16H23NO3. The van der Waals surface area contributed by atoms with Crippen molar-refractivity contribution in [3.63, 3.8) is 0 Å². The lowest BCUT2D eigenvalue weighted by atomic mass is 9.94. The number of carboxylic acids is 1. The van der Waals surface area contributed by atoms with E-state index < -0.39 is 12.0 Å². The second-order valence-corrected chi connectivity index (χ2v) is 5.57. The molecule has 0 aromatic heterocycles. The number of aliphatic carboxylic acids is 1. The fraction of sp³-hybridized carbons (Fsp3) is 0.500. The Kier molecular flexibility index (Phi) is 6.22. The van der Waals surface area contributed by atoms with Crippen molar-refractivity contribution < 1.29 is 14.7 Å². The normalized spacial score (nSPS) is 13.8. The van der Waals surface area contributed by atoms with Crippen LogP contribution in [0.5, 0.6) is 0 Å². The lowest BCUT2D eigenvalue weighted by molar-refractivity contribution is -0.142. The van der Waals surface area contributed by atoms with E-state index in [9.17, 15) is 14.7 Å². The summed E-state index contributed by atoms with van der Waals surface area (Å²) in [6.45, 7) is 6.10. The largest absolute Gasteiger partial charge is 0.480 e. The van der Waals surface area contributed by atoms with E-state index in [4.69, 9.17) is 0 Å². The first kappa shape index (κ1) is 16.2. The number of carbonyl (C=O) groups is 2. The molecule has 4 nitrogen and oxygen atoms in total. The number of nitrogens with one attached hydrogen (secondary N) is 1. The van der Waals surface area contributed by atoms with Crippen molar-refractivity contribution in [3.05, 3.63) is 35.9 Å². The standard InChI is InChI=1S/C16H23NO3/c1-11(2)12(3)9-15(18)17-14(16(19)20)10-13-7-5-4-6-8-13/h4-8,11-12,14H,9-10H2,1-3H3,(H,17,18)(H,19,20). The lowest BCUT2D eigenvalue weighted by Gasteiger charge is -2.18. The first-order valence-corrected chi connectivity index (χ1v) is 6.96. The molecule has 1 amide bonds. The SMILES string of the molecule is CC(C)C(C)CC(=O)NC(Cc1ccccc1)C(=O)O. The van der Waals surface area contributed by atoms with Gasteiger partial charge in [-0.3, -0.25) is 4.79 Å². The first-order valence-electron chi connectivity index (χ1n) is 6.96. The number of carbonyl (C=O) groups excluding carboxylic acids is 1. The summed E-state index contributed by atoms with van der Waals surface area (Å²) >= 11 is 0. The van der Waals surface area contributed by atoms with Crippen LogP contribution in [-0.4, -0.2) is 23.0 Å². The van der Waals surface area contributed by atoms with Gasteiger partial charge in [0.15, 0.2) is 0 Å². The summed E-state index contributed by atoms with van der Waals surface area (Å²) in [5.74, 6) is -0.562. The Labute approximate surface area is 120 Å². The van der Waals surface area contributed by atoms with Gasteiger partial charge in [0.2, 0.25) is 5.91 Å². The molecule has 110 valence electrons. The van der Waals surface area contributed by atoms with Crippen molar-refractivity contribution in [2.45, 2.75) is 39.7 Å². The summed E-state index contributed by atoms with van der Waals surface area (Å²) < 4.78 is 0. The minimum absolute atomic E-state index is 0.200. The summed E-state index contributed by atoms with van der Waals surface area (Å²) in [6.07, 6.45) is 0.661. The van der Waals surface area contributed by atoms with Gasteiger partial charge in [0, 0.05) is 12.8 Å². The van der Waals surface area contributed by atoms with Gasteiger partial charge in [0.25, 0.3) is 0 Å². The summed E-state index contributed by atoms with van der Waals surface area (Å²) in [6, 6.07) is 8.44. The third-order valence-corrected chi connectivity index (χ3v) is 3.56. The molecule has 1 aromatic rings. The van der Waals surface area contributed by atoms with Crippen LogP contribution in [0.2, 0.25) is 0 Å². The Morgan fingerprint density at radius 2 is 1.75 bits per heavy atom. The van der Waals surface area contributed by atoms with Crippen LogP contribution in [0.1, 0.15) is 32.8 Å². The molecule has 1 rings (SSSR count). The van der Waals surface area contributed by atoms with Gasteiger partial charge in [-0.2, -0.15) is 0 Å². The van der Waals surface area contributed by atoms with Gasteiger partial charge in [-0.25, -0.2) is 4.79 Å². The van der Waals surface area contributed by atoms with E-state index in [0.29, 0.717) is 18.8 Å². The number of hydrogen-bond donors (Lipinski definition) is 2. The van der Waals surface area contributed by atoms with Gasteiger partial charge in [-0.05, 0) is 17.4 Å². The highest BCUT2D eigenvalue weighted by atomic mass is 16.4. The number of carboxylic acid groups (broad SMARTS) is 1. The molecule has 2 atom stereocenters. The zero-order chi connectivity index (χ0) is 15.1. The molecule has 0 spiro atoms. The van der Waals surface area contributed by atoms with Crippen LogP contribution in [0.3, 0.4) is 0 Å². The minimum Gasteiger partial charge on any atom is -0.480 e. The molecule has 0 aliphatic heterocycles. The van der Waals surface area contributed by atoms with E-state index in [1.54, 1.807) is 0 Å². The molecule has 0 aliphatic carbocycles. The van der Waals surface area contributed by atoms with Crippen molar-refractivity contribution in [1.82, 2.24) is 5.32 Å². The fourth-order valence-corrected chi connectivity index (χ4v) is 1.83. The molecule has 0 radical (unpaired) electrons. The van der Waals surface area contributed by atoms with Crippen molar-refractivity contribution in [2.24, 2.45) is 11.8 Å². The molecule has 0 aliphatic rings. The first-order chi connectivity index (χ1) is 9.40. The van der Waals surface area contributed by atoms with Gasteiger partial charge >= 0.3 is 5.97 Å². The monoisotopic (exact) mass is 277 g/mol. The zero-order valence-corrected chi connectivity index (χ0v) is 12.3. The highest BCUT2D eigenvalue weighted by Crippen LogP contribution is 2.14. The molecular weight excluding hydrogens is 254 g/mol. The van der Waals surface area contributed by atoms with E-state index in [2.05, 4.69) is 19.2 Å². The average Bonchev–Trinajstić information content (AvgIpc) is 2.38. The molecule has 20 heavy (non-hydrogen) atoms. The van der Waals surface area contributed by atoms with Crippen LogP contribution in [-0.2, 0) is 16.0 Å². The van der Waals surface area contributed by atoms with Crippen LogP contribution >= 0.6 is 0 Å². The Bertz CT molecular complexity index is 442. The number of hydrogen-bond acceptors (Lipinski definition) is 2. The average molecular weight is 277 g/mol. The summed E-state index contributed by atoms with van der Waals surface area (Å²) in [7, 11) is 0. The second kappa shape index (κ2) is 7.68. The molecule has 0 saturated carbocycles. The topological polar surface area (TPSA) is 66.4 Å². The Morgan fingerprint density at radius 1 is 1.15 bits per heavy atom. The molecule has 2 N–H and O–H groups in total. The Hall–Kier alpha value is -1.84. The van der Waals surface area contributed by atoms with Crippen molar-refractivity contribution in [3.8, 4) is 0 Å². The second-order valence-electron chi connectivity index (χ2n) is 5.57. The van der Waals surface area contributed by atoms with Crippen LogP contribution < -0.4 is 5.32 Å². The van der Waals surface area contributed by atoms with Crippen LogP contribution in [0, 0.1) is 11.8 Å². The van der Waals surface area contributed by atoms with Crippen LogP contribution in [0.4, 0.5) is 0 Å². The van der Waals surface area contributed by atoms with Crippen molar-refractivity contribution in [1.29, 1.82) is 0 Å². The van der Waals surface area contributed by atoms with Gasteiger partial charge in [0.05, 0.1) is 0 Å². The van der Waals surface area contributed by atoms with E-state index in [1.807, 2.05) is 37.3 Å². The summed E-state index contributed by atoms with van der Waals surface area (Å²) in [4.78, 5) is 23.1. The molecule has 4 heteroatoms. The predicted molar refractivity (Wildman–Crippen MR) is 78.3 cm³/mol. The number of benzene rings is 1.